The van der Waals surface area contributed by atoms with Crippen molar-refractivity contribution < 1.29 is 4.79 Å². The minimum atomic E-state index is -0.156. The van der Waals surface area contributed by atoms with E-state index in [4.69, 9.17) is 0 Å². The molecule has 0 spiro atoms. The van der Waals surface area contributed by atoms with Crippen LogP contribution in [0.3, 0.4) is 0 Å². The lowest BCUT2D eigenvalue weighted by Gasteiger charge is -2.12. The predicted octanol–water partition coefficient (Wildman–Crippen LogP) is 1.97. The average Bonchev–Trinajstić information content (AvgIpc) is 2.89. The minimum absolute atomic E-state index is 0.156. The molecular weight excluding hydrogens is 228 g/mol. The fourth-order valence-corrected chi connectivity index (χ4v) is 2.13. The van der Waals surface area contributed by atoms with Gasteiger partial charge in [-0.2, -0.15) is 0 Å². The van der Waals surface area contributed by atoms with Gasteiger partial charge in [0.15, 0.2) is 0 Å². The molecule has 1 amide bonds. The number of carbonyl (C=O) groups excluding carboxylic acids is 1. The molecule has 5 heteroatoms. The van der Waals surface area contributed by atoms with Gasteiger partial charge in [0.1, 0.15) is 11.5 Å². The van der Waals surface area contributed by atoms with Gasteiger partial charge in [-0.15, -0.1) is 0 Å². The quantitative estimate of drug-likeness (QED) is 0.836. The van der Waals surface area contributed by atoms with E-state index in [0.717, 1.165) is 12.2 Å². The zero-order chi connectivity index (χ0) is 12.8. The van der Waals surface area contributed by atoms with Gasteiger partial charge < -0.3 is 10.6 Å². The Hall–Kier alpha value is -1.65. The van der Waals surface area contributed by atoms with Crippen molar-refractivity contribution >= 4 is 11.7 Å². The number of rotatable bonds is 5. The SMILES string of the molecule is CCCNC(=O)c1cnc(NC2CCCC2)cn1. The van der Waals surface area contributed by atoms with Gasteiger partial charge in [0.05, 0.1) is 12.4 Å². The van der Waals surface area contributed by atoms with E-state index in [0.29, 0.717) is 18.3 Å². The van der Waals surface area contributed by atoms with Gasteiger partial charge in [-0.1, -0.05) is 19.8 Å². The summed E-state index contributed by atoms with van der Waals surface area (Å²) in [4.78, 5) is 20.0. The van der Waals surface area contributed by atoms with Gasteiger partial charge in [-0.25, -0.2) is 9.97 Å². The van der Waals surface area contributed by atoms with E-state index in [1.54, 1.807) is 6.20 Å². The van der Waals surface area contributed by atoms with E-state index in [1.807, 2.05) is 6.92 Å². The van der Waals surface area contributed by atoms with Crippen LogP contribution in [0.25, 0.3) is 0 Å². The summed E-state index contributed by atoms with van der Waals surface area (Å²) < 4.78 is 0. The number of aromatic nitrogens is 2. The molecule has 0 saturated heterocycles. The molecule has 0 atom stereocenters. The highest BCUT2D eigenvalue weighted by molar-refractivity contribution is 5.91. The maximum atomic E-state index is 11.6. The van der Waals surface area contributed by atoms with Gasteiger partial charge >= 0.3 is 0 Å². The molecular formula is C13H20N4O. The largest absolute Gasteiger partial charge is 0.366 e. The van der Waals surface area contributed by atoms with Gasteiger partial charge in [0.2, 0.25) is 0 Å². The Bertz CT molecular complexity index is 384. The molecule has 1 aromatic rings. The molecule has 0 aliphatic heterocycles. The van der Waals surface area contributed by atoms with Gasteiger partial charge in [-0.3, -0.25) is 4.79 Å². The fourth-order valence-electron chi connectivity index (χ4n) is 2.13. The Morgan fingerprint density at radius 2 is 2.11 bits per heavy atom. The number of carbonyl (C=O) groups is 1. The highest BCUT2D eigenvalue weighted by Gasteiger charge is 2.15. The van der Waals surface area contributed by atoms with Gasteiger partial charge in [-0.05, 0) is 19.3 Å². The molecule has 0 aromatic carbocycles. The second kappa shape index (κ2) is 6.33. The van der Waals surface area contributed by atoms with Crippen LogP contribution in [0.15, 0.2) is 12.4 Å². The lowest BCUT2D eigenvalue weighted by atomic mass is 10.2. The third kappa shape index (κ3) is 3.42. The van der Waals surface area contributed by atoms with Crippen molar-refractivity contribution in [1.29, 1.82) is 0 Å². The number of amides is 1. The predicted molar refractivity (Wildman–Crippen MR) is 70.5 cm³/mol. The van der Waals surface area contributed by atoms with Crippen LogP contribution in [-0.2, 0) is 0 Å². The lowest BCUT2D eigenvalue weighted by Crippen LogP contribution is -2.25. The highest BCUT2D eigenvalue weighted by Crippen LogP contribution is 2.20. The van der Waals surface area contributed by atoms with E-state index < -0.39 is 0 Å². The molecule has 5 nitrogen and oxygen atoms in total. The average molecular weight is 248 g/mol. The first-order valence-electron chi connectivity index (χ1n) is 6.66. The molecule has 1 fully saturated rings. The van der Waals surface area contributed by atoms with Crippen molar-refractivity contribution in [3.63, 3.8) is 0 Å². The van der Waals surface area contributed by atoms with E-state index in [1.165, 1.54) is 31.9 Å². The first-order valence-corrected chi connectivity index (χ1v) is 6.66. The molecule has 1 aliphatic rings. The van der Waals surface area contributed by atoms with E-state index in [2.05, 4.69) is 20.6 Å². The summed E-state index contributed by atoms with van der Waals surface area (Å²) >= 11 is 0. The zero-order valence-electron chi connectivity index (χ0n) is 10.8. The van der Waals surface area contributed by atoms with Gasteiger partial charge in [0.25, 0.3) is 5.91 Å². The van der Waals surface area contributed by atoms with Crippen molar-refractivity contribution in [2.24, 2.45) is 0 Å². The number of hydrogen-bond donors (Lipinski definition) is 2. The Morgan fingerprint density at radius 3 is 2.72 bits per heavy atom. The van der Waals surface area contributed by atoms with Crippen molar-refractivity contribution in [2.45, 2.75) is 45.1 Å². The zero-order valence-corrected chi connectivity index (χ0v) is 10.8. The van der Waals surface area contributed by atoms with Crippen molar-refractivity contribution in [3.8, 4) is 0 Å². The Morgan fingerprint density at radius 1 is 1.33 bits per heavy atom. The van der Waals surface area contributed by atoms with Crippen LogP contribution in [0.1, 0.15) is 49.5 Å². The summed E-state index contributed by atoms with van der Waals surface area (Å²) in [6.07, 6.45) is 9.04. The highest BCUT2D eigenvalue weighted by atomic mass is 16.1. The lowest BCUT2D eigenvalue weighted by molar-refractivity contribution is 0.0948. The fraction of sp³-hybridized carbons (Fsp3) is 0.615. The van der Waals surface area contributed by atoms with Gasteiger partial charge in [0, 0.05) is 12.6 Å². The van der Waals surface area contributed by atoms with E-state index in [9.17, 15) is 4.79 Å². The van der Waals surface area contributed by atoms with Crippen LogP contribution >= 0.6 is 0 Å². The van der Waals surface area contributed by atoms with Crippen LogP contribution in [0.4, 0.5) is 5.82 Å². The monoisotopic (exact) mass is 248 g/mol. The summed E-state index contributed by atoms with van der Waals surface area (Å²) in [5, 5.41) is 6.12. The summed E-state index contributed by atoms with van der Waals surface area (Å²) in [7, 11) is 0. The molecule has 2 N–H and O–H groups in total. The molecule has 0 bridgehead atoms. The van der Waals surface area contributed by atoms with Crippen molar-refractivity contribution in [3.05, 3.63) is 18.1 Å². The normalized spacial score (nSPS) is 15.6. The van der Waals surface area contributed by atoms with Crippen molar-refractivity contribution in [2.75, 3.05) is 11.9 Å². The second-order valence-corrected chi connectivity index (χ2v) is 4.67. The molecule has 18 heavy (non-hydrogen) atoms. The Balaban J connectivity index is 1.90. The maximum absolute atomic E-state index is 11.6. The minimum Gasteiger partial charge on any atom is -0.366 e. The smallest absolute Gasteiger partial charge is 0.271 e. The summed E-state index contributed by atoms with van der Waals surface area (Å²) in [5.41, 5.74) is 0.375. The van der Waals surface area contributed by atoms with Crippen LogP contribution in [-0.4, -0.2) is 28.5 Å². The summed E-state index contributed by atoms with van der Waals surface area (Å²) in [5.74, 6) is 0.603. The standard InChI is InChI=1S/C13H20N4O/c1-2-7-14-13(18)11-8-16-12(9-15-11)17-10-5-3-4-6-10/h8-10H,2-7H2,1H3,(H,14,18)(H,16,17). The summed E-state index contributed by atoms with van der Waals surface area (Å²) in [6, 6.07) is 0.513. The first kappa shape index (κ1) is 12.8. The maximum Gasteiger partial charge on any atom is 0.271 e. The topological polar surface area (TPSA) is 66.9 Å². The second-order valence-electron chi connectivity index (χ2n) is 4.67. The third-order valence-electron chi connectivity index (χ3n) is 3.13. The van der Waals surface area contributed by atoms with Crippen LogP contribution in [0.2, 0.25) is 0 Å². The Labute approximate surface area is 107 Å². The first-order chi connectivity index (χ1) is 8.79. The summed E-state index contributed by atoms with van der Waals surface area (Å²) in [6.45, 7) is 2.68. The number of nitrogens with one attached hydrogen (secondary N) is 2. The Kier molecular flexibility index (Phi) is 4.50. The van der Waals surface area contributed by atoms with Crippen LogP contribution in [0, 0.1) is 0 Å². The molecule has 0 radical (unpaired) electrons. The van der Waals surface area contributed by atoms with Crippen molar-refractivity contribution in [1.82, 2.24) is 15.3 Å². The van der Waals surface area contributed by atoms with E-state index >= 15 is 0 Å². The number of anilines is 1. The number of nitrogens with zero attached hydrogens (tertiary/aromatic N) is 2. The molecule has 0 unspecified atom stereocenters. The van der Waals surface area contributed by atoms with Crippen LogP contribution < -0.4 is 10.6 Å². The third-order valence-corrected chi connectivity index (χ3v) is 3.13. The molecule has 2 rings (SSSR count). The molecule has 1 saturated carbocycles. The molecule has 1 heterocycles. The number of hydrogen-bond acceptors (Lipinski definition) is 4. The molecule has 98 valence electrons. The molecule has 1 aliphatic carbocycles. The van der Waals surface area contributed by atoms with Crippen LogP contribution in [0.5, 0.6) is 0 Å². The molecule has 1 aromatic heterocycles. The van der Waals surface area contributed by atoms with E-state index in [-0.39, 0.29) is 5.91 Å².